The molecular formula is C14H15N3O4S. The average molecular weight is 321 g/mol. The fraction of sp³-hybridized carbons (Fsp3) is 0.214. The molecule has 0 aliphatic rings. The Balaban J connectivity index is 1.80. The van der Waals surface area contributed by atoms with Gasteiger partial charge in [0, 0.05) is 25.3 Å². The molecule has 22 heavy (non-hydrogen) atoms. The van der Waals surface area contributed by atoms with Gasteiger partial charge in [-0.25, -0.2) is 8.42 Å². The van der Waals surface area contributed by atoms with Gasteiger partial charge in [0.25, 0.3) is 0 Å². The number of amides is 1. The van der Waals surface area contributed by atoms with Crippen molar-refractivity contribution in [2.45, 2.75) is 11.6 Å². The smallest absolute Gasteiger partial charge is 0.335 e. The summed E-state index contributed by atoms with van der Waals surface area (Å²) >= 11 is 0. The van der Waals surface area contributed by atoms with E-state index in [1.54, 1.807) is 6.08 Å². The van der Waals surface area contributed by atoms with Crippen molar-refractivity contribution in [3.63, 3.8) is 0 Å². The fourth-order valence-corrected chi connectivity index (χ4v) is 2.01. The van der Waals surface area contributed by atoms with Gasteiger partial charge in [0.05, 0.1) is 0 Å². The van der Waals surface area contributed by atoms with Crippen LogP contribution in [0, 0.1) is 0 Å². The number of carbonyl (C=O) groups excluding carboxylic acids is 1. The molecule has 1 aromatic carbocycles. The van der Waals surface area contributed by atoms with Gasteiger partial charge in [-0.3, -0.25) is 4.79 Å². The van der Waals surface area contributed by atoms with Crippen LogP contribution in [0.3, 0.4) is 0 Å². The molecule has 116 valence electrons. The van der Waals surface area contributed by atoms with Crippen LogP contribution in [0.1, 0.15) is 11.5 Å². The van der Waals surface area contributed by atoms with Crippen LogP contribution in [-0.2, 0) is 21.1 Å². The SMILES string of the molecule is CS(=O)(=O)c1nnc(CCNC(=O)/C=C/c2ccccc2)o1. The zero-order chi connectivity index (χ0) is 16.0. The van der Waals surface area contributed by atoms with Gasteiger partial charge >= 0.3 is 5.22 Å². The Hall–Kier alpha value is -2.48. The van der Waals surface area contributed by atoms with E-state index in [4.69, 9.17) is 4.42 Å². The minimum absolute atomic E-state index is 0.160. The average Bonchev–Trinajstić information content (AvgIpc) is 2.95. The standard InChI is InChI=1S/C14H15N3O4S/c1-22(19,20)14-17-16-13(21-14)9-10-15-12(18)8-7-11-5-3-2-4-6-11/h2-8H,9-10H2,1H3,(H,15,18)/b8-7+. The predicted octanol–water partition coefficient (Wildman–Crippen LogP) is 0.845. The third-order valence-electron chi connectivity index (χ3n) is 2.63. The van der Waals surface area contributed by atoms with Crippen molar-refractivity contribution in [2.75, 3.05) is 12.8 Å². The number of hydrogen-bond acceptors (Lipinski definition) is 6. The van der Waals surface area contributed by atoms with Gasteiger partial charge in [0.2, 0.25) is 21.6 Å². The van der Waals surface area contributed by atoms with E-state index >= 15 is 0 Å². The number of sulfone groups is 1. The molecule has 1 heterocycles. The molecule has 1 aromatic heterocycles. The van der Waals surface area contributed by atoms with Crippen molar-refractivity contribution in [1.29, 1.82) is 0 Å². The molecule has 0 saturated carbocycles. The van der Waals surface area contributed by atoms with Crippen molar-refractivity contribution >= 4 is 21.8 Å². The lowest BCUT2D eigenvalue weighted by Crippen LogP contribution is -2.23. The van der Waals surface area contributed by atoms with Gasteiger partial charge in [0.1, 0.15) is 0 Å². The van der Waals surface area contributed by atoms with Crippen LogP contribution in [0.4, 0.5) is 0 Å². The van der Waals surface area contributed by atoms with E-state index in [0.717, 1.165) is 11.8 Å². The molecule has 0 unspecified atom stereocenters. The molecule has 1 N–H and O–H groups in total. The molecule has 2 aromatic rings. The summed E-state index contributed by atoms with van der Waals surface area (Å²) in [4.78, 5) is 11.6. The molecule has 8 heteroatoms. The third kappa shape index (κ3) is 4.81. The zero-order valence-electron chi connectivity index (χ0n) is 11.9. The maximum absolute atomic E-state index is 11.6. The van der Waals surface area contributed by atoms with Gasteiger partial charge in [-0.2, -0.15) is 0 Å². The number of aromatic nitrogens is 2. The Morgan fingerprint density at radius 2 is 2.00 bits per heavy atom. The van der Waals surface area contributed by atoms with Crippen LogP contribution in [0.25, 0.3) is 6.08 Å². The topological polar surface area (TPSA) is 102 Å². The lowest BCUT2D eigenvalue weighted by molar-refractivity contribution is -0.116. The minimum Gasteiger partial charge on any atom is -0.412 e. The van der Waals surface area contributed by atoms with E-state index in [9.17, 15) is 13.2 Å². The number of nitrogens with zero attached hydrogens (tertiary/aromatic N) is 2. The van der Waals surface area contributed by atoms with Gasteiger partial charge in [0.15, 0.2) is 0 Å². The number of nitrogens with one attached hydrogen (secondary N) is 1. The Morgan fingerprint density at radius 1 is 1.27 bits per heavy atom. The molecule has 7 nitrogen and oxygen atoms in total. The highest BCUT2D eigenvalue weighted by molar-refractivity contribution is 7.90. The summed E-state index contributed by atoms with van der Waals surface area (Å²) in [7, 11) is -3.50. The van der Waals surface area contributed by atoms with Crippen molar-refractivity contribution in [3.05, 3.63) is 47.9 Å². The van der Waals surface area contributed by atoms with Gasteiger partial charge in [-0.1, -0.05) is 35.4 Å². The molecule has 0 saturated heterocycles. The minimum atomic E-state index is -3.50. The van der Waals surface area contributed by atoms with Crippen LogP contribution in [0.5, 0.6) is 0 Å². The van der Waals surface area contributed by atoms with Crippen molar-refractivity contribution in [2.24, 2.45) is 0 Å². The maximum atomic E-state index is 11.6. The first kappa shape index (κ1) is 15.9. The summed E-state index contributed by atoms with van der Waals surface area (Å²) in [5.41, 5.74) is 0.923. The summed E-state index contributed by atoms with van der Waals surface area (Å²) in [6, 6.07) is 9.43. The highest BCUT2D eigenvalue weighted by atomic mass is 32.2. The van der Waals surface area contributed by atoms with Crippen molar-refractivity contribution in [3.8, 4) is 0 Å². The highest BCUT2D eigenvalue weighted by Crippen LogP contribution is 2.06. The van der Waals surface area contributed by atoms with Crippen molar-refractivity contribution in [1.82, 2.24) is 15.5 Å². The largest absolute Gasteiger partial charge is 0.412 e. The first-order valence-electron chi connectivity index (χ1n) is 6.48. The second-order valence-corrected chi connectivity index (χ2v) is 6.41. The number of benzene rings is 1. The lowest BCUT2D eigenvalue weighted by Gasteiger charge is -1.98. The molecule has 0 radical (unpaired) electrons. The summed E-state index contributed by atoms with van der Waals surface area (Å²) < 4.78 is 27.3. The summed E-state index contributed by atoms with van der Waals surface area (Å²) in [6.07, 6.45) is 4.36. The van der Waals surface area contributed by atoms with Crippen LogP contribution in [0.15, 0.2) is 46.0 Å². The van der Waals surface area contributed by atoms with Gasteiger partial charge in [-0.15, -0.1) is 5.10 Å². The quantitative estimate of drug-likeness (QED) is 0.791. The van der Waals surface area contributed by atoms with E-state index < -0.39 is 15.1 Å². The number of hydrogen-bond donors (Lipinski definition) is 1. The van der Waals surface area contributed by atoms with Crippen molar-refractivity contribution < 1.29 is 17.6 Å². The summed E-state index contributed by atoms with van der Waals surface area (Å²) in [5.74, 6) is -0.0977. The van der Waals surface area contributed by atoms with Crippen LogP contribution >= 0.6 is 0 Å². The molecule has 2 rings (SSSR count). The molecule has 1 amide bonds. The van der Waals surface area contributed by atoms with Gasteiger partial charge < -0.3 is 9.73 Å². The van der Waals surface area contributed by atoms with Crippen LogP contribution in [0.2, 0.25) is 0 Å². The number of rotatable bonds is 6. The predicted molar refractivity (Wildman–Crippen MR) is 79.6 cm³/mol. The molecule has 0 fully saturated rings. The number of carbonyl (C=O) groups is 1. The monoisotopic (exact) mass is 321 g/mol. The molecule has 0 aliphatic heterocycles. The Labute approximate surface area is 128 Å². The van der Waals surface area contributed by atoms with E-state index in [0.29, 0.717) is 0 Å². The molecule has 0 bridgehead atoms. The van der Waals surface area contributed by atoms with E-state index in [1.165, 1.54) is 6.08 Å². The van der Waals surface area contributed by atoms with E-state index in [2.05, 4.69) is 15.5 Å². The normalized spacial score (nSPS) is 11.7. The van der Waals surface area contributed by atoms with Crippen LogP contribution < -0.4 is 5.32 Å². The van der Waals surface area contributed by atoms with E-state index in [1.807, 2.05) is 30.3 Å². The van der Waals surface area contributed by atoms with Gasteiger partial charge in [-0.05, 0) is 11.6 Å². The molecule has 0 aliphatic carbocycles. The van der Waals surface area contributed by atoms with E-state index in [-0.39, 0.29) is 24.8 Å². The Morgan fingerprint density at radius 3 is 2.64 bits per heavy atom. The Bertz CT molecular complexity index is 766. The summed E-state index contributed by atoms with van der Waals surface area (Å²) in [5, 5.41) is 9.27. The maximum Gasteiger partial charge on any atom is 0.335 e. The summed E-state index contributed by atoms with van der Waals surface area (Å²) in [6.45, 7) is 0.267. The first-order chi connectivity index (χ1) is 10.4. The highest BCUT2D eigenvalue weighted by Gasteiger charge is 2.16. The first-order valence-corrected chi connectivity index (χ1v) is 8.38. The zero-order valence-corrected chi connectivity index (χ0v) is 12.7. The Kier molecular flexibility index (Phi) is 5.05. The van der Waals surface area contributed by atoms with Crippen LogP contribution in [-0.4, -0.2) is 37.3 Å². The second-order valence-electron chi connectivity index (χ2n) is 4.52. The lowest BCUT2D eigenvalue weighted by atomic mass is 10.2. The molecule has 0 atom stereocenters. The molecular weight excluding hydrogens is 306 g/mol. The third-order valence-corrected chi connectivity index (χ3v) is 3.43. The second kappa shape index (κ2) is 6.99. The molecule has 0 spiro atoms. The fourth-order valence-electron chi connectivity index (χ4n) is 1.58.